The van der Waals surface area contributed by atoms with Crippen molar-refractivity contribution >= 4 is 17.5 Å². The molecule has 0 aromatic heterocycles. The minimum absolute atomic E-state index is 0.109. The van der Waals surface area contributed by atoms with Gasteiger partial charge < -0.3 is 4.90 Å². The van der Waals surface area contributed by atoms with Gasteiger partial charge in [-0.2, -0.15) is 0 Å². The number of amides is 1. The molecule has 1 atom stereocenters. The first-order chi connectivity index (χ1) is 6.16. The summed E-state index contributed by atoms with van der Waals surface area (Å²) < 4.78 is 0. The molecule has 1 saturated carbocycles. The summed E-state index contributed by atoms with van der Waals surface area (Å²) >= 11 is 5.78. The zero-order valence-corrected chi connectivity index (χ0v) is 9.18. The number of rotatable bonds is 5. The largest absolute Gasteiger partial charge is 0.338 e. The molecule has 0 aliphatic heterocycles. The van der Waals surface area contributed by atoms with Crippen LogP contribution in [0.2, 0.25) is 0 Å². The van der Waals surface area contributed by atoms with Crippen LogP contribution in [0.1, 0.15) is 39.5 Å². The van der Waals surface area contributed by atoms with Gasteiger partial charge in [-0.05, 0) is 26.2 Å². The van der Waals surface area contributed by atoms with Crippen LogP contribution in [0.4, 0.5) is 0 Å². The van der Waals surface area contributed by atoms with Crippen LogP contribution < -0.4 is 0 Å². The molecule has 0 bridgehead atoms. The van der Waals surface area contributed by atoms with E-state index in [9.17, 15) is 4.79 Å². The lowest BCUT2D eigenvalue weighted by Gasteiger charge is -2.23. The molecule has 2 nitrogen and oxygen atoms in total. The van der Waals surface area contributed by atoms with Crippen molar-refractivity contribution in [3.63, 3.8) is 0 Å². The summed E-state index contributed by atoms with van der Waals surface area (Å²) in [7, 11) is 0. The van der Waals surface area contributed by atoms with Crippen LogP contribution in [-0.4, -0.2) is 28.8 Å². The number of unbranched alkanes of at least 4 members (excludes halogenated alkanes) is 1. The molecule has 0 aromatic rings. The predicted octanol–water partition coefficient (Wildman–Crippen LogP) is 2.40. The summed E-state index contributed by atoms with van der Waals surface area (Å²) in [6.07, 6.45) is 4.55. The normalized spacial score (nSPS) is 18.4. The van der Waals surface area contributed by atoms with Crippen molar-refractivity contribution in [1.82, 2.24) is 4.90 Å². The molecule has 1 unspecified atom stereocenters. The average molecular weight is 204 g/mol. The van der Waals surface area contributed by atoms with Gasteiger partial charge in [0.1, 0.15) is 5.38 Å². The summed E-state index contributed by atoms with van der Waals surface area (Å²) in [5.41, 5.74) is 0. The van der Waals surface area contributed by atoms with E-state index in [0.29, 0.717) is 6.04 Å². The van der Waals surface area contributed by atoms with Gasteiger partial charge in [-0.15, -0.1) is 11.6 Å². The summed E-state index contributed by atoms with van der Waals surface area (Å²) in [6, 6.07) is 0.500. The van der Waals surface area contributed by atoms with E-state index in [2.05, 4.69) is 6.92 Å². The van der Waals surface area contributed by atoms with Crippen molar-refractivity contribution in [2.45, 2.75) is 50.9 Å². The first-order valence-corrected chi connectivity index (χ1v) is 5.55. The number of halogens is 1. The molecular weight excluding hydrogens is 186 g/mol. The van der Waals surface area contributed by atoms with E-state index in [-0.39, 0.29) is 11.3 Å². The number of hydrogen-bond donors (Lipinski definition) is 0. The Morgan fingerprint density at radius 1 is 1.62 bits per heavy atom. The molecule has 76 valence electrons. The zero-order valence-electron chi connectivity index (χ0n) is 8.42. The maximum absolute atomic E-state index is 11.6. The fourth-order valence-corrected chi connectivity index (χ4v) is 1.54. The van der Waals surface area contributed by atoms with Crippen molar-refractivity contribution < 1.29 is 4.79 Å². The van der Waals surface area contributed by atoms with Gasteiger partial charge in [0.25, 0.3) is 0 Å². The minimum Gasteiger partial charge on any atom is -0.338 e. The van der Waals surface area contributed by atoms with Gasteiger partial charge in [0.05, 0.1) is 0 Å². The van der Waals surface area contributed by atoms with Gasteiger partial charge in [0.15, 0.2) is 0 Å². The standard InChI is InChI=1S/C10H18ClNO/c1-3-4-7-12(9-5-6-9)10(13)8(2)11/h8-9H,3-7H2,1-2H3. The van der Waals surface area contributed by atoms with Crippen molar-refractivity contribution in [3.05, 3.63) is 0 Å². The van der Waals surface area contributed by atoms with Crippen LogP contribution >= 0.6 is 11.6 Å². The highest BCUT2D eigenvalue weighted by Gasteiger charge is 2.33. The second-order valence-electron chi connectivity index (χ2n) is 3.73. The fraction of sp³-hybridized carbons (Fsp3) is 0.900. The Labute approximate surface area is 85.2 Å². The van der Waals surface area contributed by atoms with E-state index in [1.54, 1.807) is 6.92 Å². The Bertz CT molecular complexity index is 178. The van der Waals surface area contributed by atoms with E-state index in [0.717, 1.165) is 19.4 Å². The highest BCUT2D eigenvalue weighted by Crippen LogP contribution is 2.28. The second-order valence-corrected chi connectivity index (χ2v) is 4.39. The first kappa shape index (κ1) is 10.8. The number of alkyl halides is 1. The van der Waals surface area contributed by atoms with E-state index < -0.39 is 0 Å². The average Bonchev–Trinajstić information content (AvgIpc) is 2.88. The fourth-order valence-electron chi connectivity index (χ4n) is 1.42. The molecule has 0 radical (unpaired) electrons. The van der Waals surface area contributed by atoms with Gasteiger partial charge in [0.2, 0.25) is 5.91 Å². The van der Waals surface area contributed by atoms with Crippen molar-refractivity contribution in [3.8, 4) is 0 Å². The van der Waals surface area contributed by atoms with E-state index in [4.69, 9.17) is 11.6 Å². The predicted molar refractivity (Wildman–Crippen MR) is 55.0 cm³/mol. The Morgan fingerprint density at radius 3 is 2.62 bits per heavy atom. The number of nitrogens with zero attached hydrogens (tertiary/aromatic N) is 1. The molecule has 3 heteroatoms. The lowest BCUT2D eigenvalue weighted by Crippen LogP contribution is -2.38. The third kappa shape index (κ3) is 3.18. The monoisotopic (exact) mass is 203 g/mol. The molecule has 1 fully saturated rings. The Hall–Kier alpha value is -0.240. The van der Waals surface area contributed by atoms with Crippen molar-refractivity contribution in [2.24, 2.45) is 0 Å². The van der Waals surface area contributed by atoms with Crippen LogP contribution in [0.15, 0.2) is 0 Å². The maximum Gasteiger partial charge on any atom is 0.240 e. The molecule has 0 N–H and O–H groups in total. The van der Waals surface area contributed by atoms with Crippen LogP contribution in [0, 0.1) is 0 Å². The third-order valence-corrected chi connectivity index (χ3v) is 2.55. The van der Waals surface area contributed by atoms with Crippen LogP contribution in [0.5, 0.6) is 0 Å². The molecule has 0 heterocycles. The smallest absolute Gasteiger partial charge is 0.240 e. The minimum atomic E-state index is -0.363. The lowest BCUT2D eigenvalue weighted by molar-refractivity contribution is -0.131. The molecule has 1 aliphatic carbocycles. The van der Waals surface area contributed by atoms with Gasteiger partial charge in [-0.25, -0.2) is 0 Å². The summed E-state index contributed by atoms with van der Waals surface area (Å²) in [6.45, 7) is 4.78. The SMILES string of the molecule is CCCCN(C(=O)C(C)Cl)C1CC1. The van der Waals surface area contributed by atoms with Gasteiger partial charge >= 0.3 is 0 Å². The lowest BCUT2D eigenvalue weighted by atomic mass is 10.3. The molecule has 1 aliphatic rings. The molecule has 0 aromatic carbocycles. The summed E-state index contributed by atoms with van der Waals surface area (Å²) in [5.74, 6) is 0.109. The van der Waals surface area contributed by atoms with Crippen molar-refractivity contribution in [2.75, 3.05) is 6.54 Å². The Balaban J connectivity index is 2.41. The van der Waals surface area contributed by atoms with Gasteiger partial charge in [0, 0.05) is 12.6 Å². The Morgan fingerprint density at radius 2 is 2.23 bits per heavy atom. The second kappa shape index (κ2) is 4.85. The van der Waals surface area contributed by atoms with Gasteiger partial charge in [-0.3, -0.25) is 4.79 Å². The maximum atomic E-state index is 11.6. The molecule has 0 spiro atoms. The molecule has 0 saturated heterocycles. The quantitative estimate of drug-likeness (QED) is 0.629. The number of hydrogen-bond acceptors (Lipinski definition) is 1. The highest BCUT2D eigenvalue weighted by atomic mass is 35.5. The van der Waals surface area contributed by atoms with Crippen molar-refractivity contribution in [1.29, 1.82) is 0 Å². The van der Waals surface area contributed by atoms with Crippen LogP contribution in [0.3, 0.4) is 0 Å². The summed E-state index contributed by atoms with van der Waals surface area (Å²) in [5, 5.41) is -0.363. The zero-order chi connectivity index (χ0) is 9.84. The number of carbonyl (C=O) groups excluding carboxylic acids is 1. The van der Waals surface area contributed by atoms with E-state index in [1.807, 2.05) is 4.90 Å². The molecule has 1 amide bonds. The molecular formula is C10H18ClNO. The summed E-state index contributed by atoms with van der Waals surface area (Å²) in [4.78, 5) is 13.6. The topological polar surface area (TPSA) is 20.3 Å². The van der Waals surface area contributed by atoms with E-state index >= 15 is 0 Å². The molecule has 13 heavy (non-hydrogen) atoms. The number of carbonyl (C=O) groups is 1. The van der Waals surface area contributed by atoms with E-state index in [1.165, 1.54) is 12.8 Å². The van der Waals surface area contributed by atoms with Crippen LogP contribution in [-0.2, 0) is 4.79 Å². The molecule has 1 rings (SSSR count). The van der Waals surface area contributed by atoms with Gasteiger partial charge in [-0.1, -0.05) is 13.3 Å². The Kier molecular flexibility index (Phi) is 4.04. The third-order valence-electron chi connectivity index (χ3n) is 2.36. The van der Waals surface area contributed by atoms with Crippen LogP contribution in [0.25, 0.3) is 0 Å². The first-order valence-electron chi connectivity index (χ1n) is 5.11. The highest BCUT2D eigenvalue weighted by molar-refractivity contribution is 6.30.